The summed E-state index contributed by atoms with van der Waals surface area (Å²) >= 11 is 0. The maximum absolute atomic E-state index is 13.2. The number of ether oxygens (including phenoxy) is 1. The number of likely N-dealkylation sites (N-methyl/N-ethyl adjacent to an activating group) is 1. The Morgan fingerprint density at radius 1 is 1.06 bits per heavy atom. The lowest BCUT2D eigenvalue weighted by Crippen LogP contribution is -2.45. The van der Waals surface area contributed by atoms with E-state index in [9.17, 15) is 36.9 Å². The molecule has 8 nitrogen and oxygen atoms in total. The van der Waals surface area contributed by atoms with E-state index in [2.05, 4.69) is 4.72 Å². The first kappa shape index (κ1) is 26.8. The summed E-state index contributed by atoms with van der Waals surface area (Å²) in [5.41, 5.74) is -1.04. The van der Waals surface area contributed by atoms with Gasteiger partial charge in [0.1, 0.15) is 10.6 Å². The van der Waals surface area contributed by atoms with Gasteiger partial charge in [0, 0.05) is 25.0 Å². The smallest absolute Gasteiger partial charge is 0.416 e. The van der Waals surface area contributed by atoms with Crippen molar-refractivity contribution < 1.29 is 41.6 Å². The van der Waals surface area contributed by atoms with Crippen LogP contribution in [-0.2, 0) is 16.2 Å². The van der Waals surface area contributed by atoms with Crippen molar-refractivity contribution in [2.24, 2.45) is 5.41 Å². The first-order valence-corrected chi connectivity index (χ1v) is 12.9. The van der Waals surface area contributed by atoms with Gasteiger partial charge >= 0.3 is 6.18 Å². The summed E-state index contributed by atoms with van der Waals surface area (Å²) in [7, 11) is -2.40. The number of rotatable bonds is 1. The highest BCUT2D eigenvalue weighted by Crippen LogP contribution is 2.41. The maximum atomic E-state index is 13.2. The van der Waals surface area contributed by atoms with Crippen LogP contribution in [0.2, 0.25) is 0 Å². The Labute approximate surface area is 207 Å². The van der Waals surface area contributed by atoms with Crippen molar-refractivity contribution in [3.63, 3.8) is 0 Å². The molecule has 2 aromatic rings. The maximum Gasteiger partial charge on any atom is 0.416 e. The zero-order valence-corrected chi connectivity index (χ0v) is 20.4. The molecule has 1 fully saturated rings. The van der Waals surface area contributed by atoms with E-state index in [0.29, 0.717) is 12.1 Å². The van der Waals surface area contributed by atoms with Gasteiger partial charge in [-0.05, 0) is 55.3 Å². The van der Waals surface area contributed by atoms with Gasteiger partial charge in [-0.2, -0.15) is 13.2 Å². The average molecular weight is 531 g/mol. The SMILES string of the molecule is CN1C[C@@H](O)CNS(=O)(=O)c2ccc(-c3cccc(C(F)(F)F)c3)cc2OCC2(C[C@@H](O)[C@@H](O)C2)C1. The molecule has 0 saturated heterocycles. The third-order valence-electron chi connectivity index (χ3n) is 6.66. The van der Waals surface area contributed by atoms with E-state index in [-0.39, 0.29) is 48.7 Å². The van der Waals surface area contributed by atoms with Crippen LogP contribution in [0.15, 0.2) is 47.4 Å². The van der Waals surface area contributed by atoms with Gasteiger partial charge in [-0.25, -0.2) is 13.1 Å². The summed E-state index contributed by atoms with van der Waals surface area (Å²) in [5.74, 6) is -0.0783. The van der Waals surface area contributed by atoms with Gasteiger partial charge < -0.3 is 25.0 Å². The molecule has 198 valence electrons. The molecule has 0 bridgehead atoms. The molecule has 4 atom stereocenters. The van der Waals surface area contributed by atoms with E-state index in [1.807, 2.05) is 0 Å². The van der Waals surface area contributed by atoms with Gasteiger partial charge in [0.2, 0.25) is 10.0 Å². The Morgan fingerprint density at radius 3 is 2.39 bits per heavy atom. The Morgan fingerprint density at radius 2 is 1.72 bits per heavy atom. The largest absolute Gasteiger partial charge is 0.492 e. The minimum absolute atomic E-state index is 0.0594. The Kier molecular flexibility index (Phi) is 7.39. The topological polar surface area (TPSA) is 119 Å². The van der Waals surface area contributed by atoms with Crippen LogP contribution in [0.4, 0.5) is 13.2 Å². The summed E-state index contributed by atoms with van der Waals surface area (Å²) < 4.78 is 74.1. The number of halogens is 3. The number of hydrogen-bond donors (Lipinski definition) is 4. The molecular formula is C24H29F3N2O6S. The van der Waals surface area contributed by atoms with E-state index in [1.165, 1.54) is 30.3 Å². The van der Waals surface area contributed by atoms with E-state index in [4.69, 9.17) is 4.74 Å². The van der Waals surface area contributed by atoms with Crippen LogP contribution in [0, 0.1) is 5.41 Å². The summed E-state index contributed by atoms with van der Waals surface area (Å²) in [5, 5.41) is 30.8. The van der Waals surface area contributed by atoms with Crippen molar-refractivity contribution in [3.8, 4) is 16.9 Å². The van der Waals surface area contributed by atoms with Crippen LogP contribution in [0.1, 0.15) is 18.4 Å². The van der Waals surface area contributed by atoms with E-state index < -0.39 is 45.5 Å². The predicted molar refractivity (Wildman–Crippen MR) is 125 cm³/mol. The quantitative estimate of drug-likeness (QED) is 0.444. The molecule has 1 unspecified atom stereocenters. The molecule has 0 amide bonds. The van der Waals surface area contributed by atoms with E-state index in [1.54, 1.807) is 11.9 Å². The molecule has 1 saturated carbocycles. The van der Waals surface area contributed by atoms with Crippen LogP contribution in [-0.4, -0.2) is 80.2 Å². The minimum atomic E-state index is -4.54. The number of aliphatic hydroxyl groups excluding tert-OH is 3. The monoisotopic (exact) mass is 530 g/mol. The molecular weight excluding hydrogens is 501 g/mol. The number of benzene rings is 2. The second kappa shape index (κ2) is 9.92. The summed E-state index contributed by atoms with van der Waals surface area (Å²) in [6.07, 6.45) is -7.14. The number of aliphatic hydroxyl groups is 3. The molecule has 1 heterocycles. The number of hydrogen-bond acceptors (Lipinski definition) is 7. The summed E-state index contributed by atoms with van der Waals surface area (Å²) in [6.45, 7) is 0.182. The molecule has 1 aliphatic carbocycles. The summed E-state index contributed by atoms with van der Waals surface area (Å²) in [4.78, 5) is 1.56. The van der Waals surface area contributed by atoms with Crippen LogP contribution in [0.25, 0.3) is 11.1 Å². The lowest BCUT2D eigenvalue weighted by atomic mass is 9.86. The number of fused-ring (bicyclic) bond motifs is 1. The average Bonchev–Trinajstić information content (AvgIpc) is 3.08. The third kappa shape index (κ3) is 5.84. The number of nitrogens with zero attached hydrogens (tertiary/aromatic N) is 1. The van der Waals surface area contributed by atoms with Crippen LogP contribution in [0.5, 0.6) is 5.75 Å². The second-order valence-corrected chi connectivity index (χ2v) is 11.5. The molecule has 0 radical (unpaired) electrons. The zero-order chi connectivity index (χ0) is 26.3. The van der Waals surface area contributed by atoms with Crippen molar-refractivity contribution in [2.45, 2.75) is 42.2 Å². The molecule has 1 spiro atoms. The Hall–Kier alpha value is -2.22. The second-order valence-electron chi connectivity index (χ2n) is 9.77. The van der Waals surface area contributed by atoms with Gasteiger partial charge in [-0.15, -0.1) is 0 Å². The fraction of sp³-hybridized carbons (Fsp3) is 0.500. The van der Waals surface area contributed by atoms with E-state index >= 15 is 0 Å². The van der Waals surface area contributed by atoms with Crippen LogP contribution < -0.4 is 9.46 Å². The number of β-amino-alcohol motifs (C(OH)–C–C–N with tert-alkyl or cyclic N) is 1. The van der Waals surface area contributed by atoms with Gasteiger partial charge in [0.15, 0.2) is 0 Å². The van der Waals surface area contributed by atoms with Gasteiger partial charge in [-0.1, -0.05) is 18.2 Å². The first-order chi connectivity index (χ1) is 16.8. The van der Waals surface area contributed by atoms with Crippen LogP contribution in [0.3, 0.4) is 0 Å². The minimum Gasteiger partial charge on any atom is -0.492 e. The lowest BCUT2D eigenvalue weighted by Gasteiger charge is -2.35. The van der Waals surface area contributed by atoms with Crippen LogP contribution >= 0.6 is 0 Å². The highest BCUT2D eigenvalue weighted by Gasteiger charge is 2.46. The first-order valence-electron chi connectivity index (χ1n) is 11.4. The number of nitrogens with one attached hydrogen (secondary N) is 1. The fourth-order valence-electron chi connectivity index (χ4n) is 5.01. The lowest BCUT2D eigenvalue weighted by molar-refractivity contribution is -0.137. The third-order valence-corrected chi connectivity index (χ3v) is 8.12. The van der Waals surface area contributed by atoms with Gasteiger partial charge in [0.05, 0.1) is 30.5 Å². The molecule has 2 aliphatic rings. The Bertz CT molecular complexity index is 1200. The van der Waals surface area contributed by atoms with Crippen molar-refractivity contribution in [1.82, 2.24) is 9.62 Å². The van der Waals surface area contributed by atoms with Crippen molar-refractivity contribution in [3.05, 3.63) is 48.0 Å². The molecule has 2 aromatic carbocycles. The van der Waals surface area contributed by atoms with Gasteiger partial charge in [0.25, 0.3) is 0 Å². The molecule has 4 rings (SSSR count). The summed E-state index contributed by atoms with van der Waals surface area (Å²) in [6, 6.07) is 8.69. The molecule has 4 N–H and O–H groups in total. The fourth-order valence-corrected chi connectivity index (χ4v) is 6.21. The van der Waals surface area contributed by atoms with Crippen molar-refractivity contribution in [2.75, 3.05) is 33.3 Å². The van der Waals surface area contributed by atoms with Crippen molar-refractivity contribution in [1.29, 1.82) is 0 Å². The molecule has 36 heavy (non-hydrogen) atoms. The van der Waals surface area contributed by atoms with Crippen molar-refractivity contribution >= 4 is 10.0 Å². The number of alkyl halides is 3. The Balaban J connectivity index is 1.77. The van der Waals surface area contributed by atoms with E-state index in [0.717, 1.165) is 12.1 Å². The zero-order valence-electron chi connectivity index (χ0n) is 19.6. The molecule has 12 heteroatoms. The number of sulfonamides is 1. The molecule has 1 aliphatic heterocycles. The highest BCUT2D eigenvalue weighted by atomic mass is 32.2. The van der Waals surface area contributed by atoms with Gasteiger partial charge in [-0.3, -0.25) is 0 Å². The standard InChI is InChI=1S/C24H29F3N2O6S/c1-29-12-18(30)11-28-36(33,34)22-6-5-16(15-3-2-4-17(7-15)24(25,26)27)8-21(22)35-14-23(13-29)9-19(31)20(32)10-23/h2-8,18-20,28,30-32H,9-14H2,1H3/t18-,19-,20+,23?/m0/s1. The normalized spacial score (nSPS) is 29.7. The highest BCUT2D eigenvalue weighted by molar-refractivity contribution is 7.89. The predicted octanol–water partition coefficient (Wildman–Crippen LogP) is 1.84. The molecule has 0 aromatic heterocycles.